The van der Waals surface area contributed by atoms with Gasteiger partial charge in [-0.3, -0.25) is 0 Å². The summed E-state index contributed by atoms with van der Waals surface area (Å²) in [4.78, 5) is 0. The maximum Gasteiger partial charge on any atom is 1.00 e. The summed E-state index contributed by atoms with van der Waals surface area (Å²) >= 11 is 1.48. The predicted octanol–water partition coefficient (Wildman–Crippen LogP) is -2.55. The molecule has 0 aromatic carbocycles. The first-order valence-electron chi connectivity index (χ1n) is 2.22. The topological polar surface area (TPSA) is 16.8 Å². The van der Waals surface area contributed by atoms with Gasteiger partial charge in [-0.15, -0.1) is 0 Å². The second kappa shape index (κ2) is 4.20. The second-order valence-electron chi connectivity index (χ2n) is 1.26. The monoisotopic (exact) mass is 242 g/mol. The summed E-state index contributed by atoms with van der Waals surface area (Å²) < 4.78 is 5.93. The molecule has 0 saturated heterocycles. The lowest BCUT2D eigenvalue weighted by molar-refractivity contribution is -0.690. The van der Waals surface area contributed by atoms with Crippen molar-refractivity contribution in [1.29, 1.82) is 0 Å². The minimum absolute atomic E-state index is 0. The molecule has 2 radical (unpaired) electrons. The number of hydrogen-bond acceptors (Lipinski definition) is 2. The van der Waals surface area contributed by atoms with E-state index >= 15 is 0 Å². The zero-order chi connectivity index (χ0) is 5.11. The zero-order valence-electron chi connectivity index (χ0n) is 4.54. The molecule has 4 heteroatoms. The highest BCUT2D eigenvalue weighted by Crippen LogP contribution is 1.77. The Balaban J connectivity index is 0.000000490. The van der Waals surface area contributed by atoms with Crippen molar-refractivity contribution in [2.75, 3.05) is 0 Å². The molecule has 0 unspecified atom stereocenters. The minimum Gasteiger partial charge on any atom is -0.224 e. The number of nitrogens with zero attached hydrogens (tertiary/aromatic N) is 2. The molecule has 44 valence electrons. The molecule has 0 spiro atoms. The van der Waals surface area contributed by atoms with Crippen LogP contribution < -0.4 is 28.5 Å². The fraction of sp³-hybridized carbons (Fsp3) is 0.500. The van der Waals surface area contributed by atoms with E-state index in [1.165, 1.54) is 11.5 Å². The van der Waals surface area contributed by atoms with Gasteiger partial charge in [-0.2, -0.15) is 0 Å². The summed E-state index contributed by atoms with van der Waals surface area (Å²) in [5, 5.41) is 0. The minimum atomic E-state index is 0. The van der Waals surface area contributed by atoms with Gasteiger partial charge in [-0.1, -0.05) is 0 Å². The smallest absolute Gasteiger partial charge is 0.224 e. The molecule has 0 aliphatic heterocycles. The fourth-order valence-corrected chi connectivity index (χ4v) is 0.914. The van der Waals surface area contributed by atoms with Crippen molar-refractivity contribution in [3.63, 3.8) is 0 Å². The summed E-state index contributed by atoms with van der Waals surface area (Å²) in [7, 11) is 0. The van der Waals surface area contributed by atoms with Gasteiger partial charge in [0.2, 0.25) is 0 Å². The molecule has 0 aliphatic carbocycles. The van der Waals surface area contributed by atoms with E-state index in [0.29, 0.717) is 0 Å². The normalized spacial score (nSPS) is 8.12. The molecule has 0 saturated carbocycles. The average Bonchev–Trinajstić information content (AvgIpc) is 2.14. The van der Waals surface area contributed by atoms with Crippen molar-refractivity contribution in [2.24, 2.45) is 0 Å². The van der Waals surface area contributed by atoms with E-state index in [2.05, 4.69) is 11.3 Å². The fourth-order valence-electron chi connectivity index (χ4n) is 0.359. The first kappa shape index (κ1) is 8.29. The van der Waals surface area contributed by atoms with Crippen LogP contribution in [0.1, 0.15) is 6.92 Å². The van der Waals surface area contributed by atoms with Crippen LogP contribution in [0.15, 0.2) is 11.8 Å². The molecule has 2 nitrogen and oxygen atoms in total. The van der Waals surface area contributed by atoms with E-state index in [0.717, 1.165) is 6.54 Å². The molecule has 0 fully saturated rings. The van der Waals surface area contributed by atoms with Crippen molar-refractivity contribution < 1.29 is 28.5 Å². The van der Waals surface area contributed by atoms with Gasteiger partial charge >= 0.3 is 30.3 Å². The zero-order valence-corrected chi connectivity index (χ0v) is 7.52. The number of hydrogen-bond donors (Lipinski definition) is 0. The molecule has 0 aliphatic rings. The quantitative estimate of drug-likeness (QED) is 0.391. The number of halogens is 1. The second-order valence-corrected chi connectivity index (χ2v) is 1.89. The molecule has 1 aromatic heterocycles. The molecular weight excluding hydrogens is 235 g/mol. The van der Waals surface area contributed by atoms with Crippen LogP contribution in [0.5, 0.6) is 0 Å². The molecule has 0 atom stereocenters. The van der Waals surface area contributed by atoms with Crippen molar-refractivity contribution in [3.8, 4) is 0 Å². The van der Waals surface area contributed by atoms with Crippen molar-refractivity contribution in [2.45, 2.75) is 13.5 Å². The Morgan fingerprint density at radius 3 is 2.75 bits per heavy atom. The molecule has 0 N–H and O–H groups in total. The lowest BCUT2D eigenvalue weighted by Gasteiger charge is -1.76. The van der Waals surface area contributed by atoms with Gasteiger partial charge in [0, 0.05) is 4.37 Å². The first-order valence-corrected chi connectivity index (χ1v) is 3.05. The maximum absolute atomic E-state index is 3.90. The molecule has 0 bridgehead atoms. The van der Waals surface area contributed by atoms with E-state index < -0.39 is 0 Å². The van der Waals surface area contributed by atoms with E-state index in [1.54, 1.807) is 0 Å². The van der Waals surface area contributed by atoms with E-state index in [1.807, 2.05) is 16.4 Å². The number of rotatable bonds is 1. The SMILES string of the molecule is CC[n+]1cnsc1.[I+]. The van der Waals surface area contributed by atoms with E-state index in [4.69, 9.17) is 0 Å². The first-order chi connectivity index (χ1) is 3.43. The summed E-state index contributed by atoms with van der Waals surface area (Å²) in [5.74, 6) is 0. The van der Waals surface area contributed by atoms with Crippen LogP contribution in [-0.4, -0.2) is 4.37 Å². The molecule has 1 aromatic rings. The highest BCUT2D eigenvalue weighted by atomic mass is 127. The molecule has 1 heterocycles. The highest BCUT2D eigenvalue weighted by molar-refractivity contribution is 7.02. The van der Waals surface area contributed by atoms with Crippen LogP contribution in [0.3, 0.4) is 0 Å². The van der Waals surface area contributed by atoms with Gasteiger partial charge in [0.1, 0.15) is 11.5 Å². The average molecular weight is 242 g/mol. The Hall–Kier alpha value is 0.290. The standard InChI is InChI=1S/C4H7N2S.I/c1-2-6-3-5-7-4-6;/h3-4H,2H2,1H3;/q2*+1. The van der Waals surface area contributed by atoms with Gasteiger partial charge in [0.05, 0.1) is 6.54 Å². The lowest BCUT2D eigenvalue weighted by Crippen LogP contribution is -3.00. The molecule has 0 amide bonds. The van der Waals surface area contributed by atoms with Crippen molar-refractivity contribution in [3.05, 3.63) is 11.8 Å². The van der Waals surface area contributed by atoms with Crippen LogP contribution in [-0.2, 0) is 6.54 Å². The lowest BCUT2D eigenvalue weighted by atomic mass is 10.7. The van der Waals surface area contributed by atoms with Gasteiger partial charge in [0.15, 0.2) is 5.51 Å². The van der Waals surface area contributed by atoms with Gasteiger partial charge in [-0.05, 0) is 6.92 Å². The Bertz CT molecular complexity index is 129. The Kier molecular flexibility index (Phi) is 4.35. The summed E-state index contributed by atoms with van der Waals surface area (Å²) in [6.45, 7) is 3.12. The largest absolute Gasteiger partial charge is 1.00 e. The summed E-state index contributed by atoms with van der Waals surface area (Å²) in [5.41, 5.74) is 1.99. The summed E-state index contributed by atoms with van der Waals surface area (Å²) in [6.07, 6.45) is 1.82. The Labute approximate surface area is 69.7 Å². The van der Waals surface area contributed by atoms with Gasteiger partial charge < -0.3 is 0 Å². The number of aromatic nitrogens is 2. The van der Waals surface area contributed by atoms with Crippen LogP contribution in [0.4, 0.5) is 0 Å². The van der Waals surface area contributed by atoms with E-state index in [-0.39, 0.29) is 24.0 Å². The maximum atomic E-state index is 3.90. The highest BCUT2D eigenvalue weighted by Gasteiger charge is 1.90. The van der Waals surface area contributed by atoms with Crippen LogP contribution >= 0.6 is 11.5 Å². The third-order valence-corrected chi connectivity index (χ3v) is 1.39. The number of aryl methyl sites for hydroxylation is 1. The van der Waals surface area contributed by atoms with E-state index in [9.17, 15) is 0 Å². The predicted molar refractivity (Wildman–Crippen MR) is 28.0 cm³/mol. The van der Waals surface area contributed by atoms with Crippen LogP contribution in [0.2, 0.25) is 0 Å². The van der Waals surface area contributed by atoms with Crippen LogP contribution in [0, 0.1) is 0 Å². The van der Waals surface area contributed by atoms with Crippen molar-refractivity contribution in [1.82, 2.24) is 4.37 Å². The Morgan fingerprint density at radius 1 is 1.75 bits per heavy atom. The Morgan fingerprint density at radius 2 is 2.50 bits per heavy atom. The molecular formula is C4H7IN2S+2. The van der Waals surface area contributed by atoms with Gasteiger partial charge in [-0.25, -0.2) is 4.57 Å². The van der Waals surface area contributed by atoms with Crippen molar-refractivity contribution >= 4 is 11.5 Å². The van der Waals surface area contributed by atoms with Crippen LogP contribution in [0.25, 0.3) is 0 Å². The third kappa shape index (κ3) is 2.04. The molecule has 1 rings (SSSR count). The molecule has 8 heavy (non-hydrogen) atoms. The summed E-state index contributed by atoms with van der Waals surface area (Å²) in [6, 6.07) is 0. The van der Waals surface area contributed by atoms with Gasteiger partial charge in [0.25, 0.3) is 0 Å². The third-order valence-electron chi connectivity index (χ3n) is 0.804.